The Morgan fingerprint density at radius 3 is 2.23 bits per heavy atom. The van der Waals surface area contributed by atoms with E-state index in [1.807, 2.05) is 11.9 Å². The first-order valence-corrected chi connectivity index (χ1v) is 4.52. The zero-order valence-electron chi connectivity index (χ0n) is 8.02. The van der Waals surface area contributed by atoms with Crippen LogP contribution >= 0.6 is 0 Å². The van der Waals surface area contributed by atoms with Crippen LogP contribution < -0.4 is 0 Å². The number of ketones is 1. The topological polar surface area (TPSA) is 20.3 Å². The molecule has 0 atom stereocenters. The maximum atomic E-state index is 13.2. The number of carbonyl (C=O) groups is 1. The molecular weight excluding hydrogens is 176 g/mol. The molecule has 4 heteroatoms. The van der Waals surface area contributed by atoms with Crippen molar-refractivity contribution in [2.45, 2.75) is 25.7 Å². The molecule has 2 nitrogen and oxygen atoms in total. The van der Waals surface area contributed by atoms with E-state index in [4.69, 9.17) is 0 Å². The van der Waals surface area contributed by atoms with Crippen molar-refractivity contribution in [2.24, 2.45) is 5.92 Å². The van der Waals surface area contributed by atoms with Crippen molar-refractivity contribution in [1.82, 2.24) is 4.90 Å². The summed E-state index contributed by atoms with van der Waals surface area (Å²) in [5.41, 5.74) is 0. The zero-order valence-corrected chi connectivity index (χ0v) is 8.02. The van der Waals surface area contributed by atoms with Crippen LogP contribution in [0.3, 0.4) is 0 Å². The first kappa shape index (κ1) is 10.6. The summed E-state index contributed by atoms with van der Waals surface area (Å²) in [7, 11) is 1.90. The van der Waals surface area contributed by atoms with Gasteiger partial charge in [-0.25, -0.2) is 0 Å². The molecule has 1 heterocycles. The van der Waals surface area contributed by atoms with Gasteiger partial charge in [0.1, 0.15) is 0 Å². The summed E-state index contributed by atoms with van der Waals surface area (Å²) in [5, 5.41) is 0. The minimum absolute atomic E-state index is 0.420. The summed E-state index contributed by atoms with van der Waals surface area (Å²) < 4.78 is 26.4. The Hall–Kier alpha value is -0.510. The van der Waals surface area contributed by atoms with Gasteiger partial charge in [0.05, 0.1) is 0 Å². The lowest BCUT2D eigenvalue weighted by atomic mass is 9.89. The van der Waals surface area contributed by atoms with Gasteiger partial charge in [-0.1, -0.05) is 0 Å². The zero-order chi connectivity index (χ0) is 10.1. The quantitative estimate of drug-likeness (QED) is 0.660. The van der Waals surface area contributed by atoms with Gasteiger partial charge in [-0.15, -0.1) is 0 Å². The molecule has 1 saturated heterocycles. The van der Waals surface area contributed by atoms with Crippen LogP contribution in [0.2, 0.25) is 0 Å². The van der Waals surface area contributed by atoms with E-state index in [1.54, 1.807) is 0 Å². The van der Waals surface area contributed by atoms with Gasteiger partial charge >= 0.3 is 5.92 Å². The van der Waals surface area contributed by atoms with Crippen molar-refractivity contribution >= 4 is 5.78 Å². The van der Waals surface area contributed by atoms with Crippen molar-refractivity contribution in [3.8, 4) is 0 Å². The molecule has 0 bridgehead atoms. The van der Waals surface area contributed by atoms with Crippen LogP contribution in [0.4, 0.5) is 8.78 Å². The second kappa shape index (κ2) is 3.70. The SMILES string of the molecule is CC(=O)C(F)(F)C1CCN(C)CC1. The summed E-state index contributed by atoms with van der Waals surface area (Å²) in [6.07, 6.45) is 0.839. The summed E-state index contributed by atoms with van der Waals surface area (Å²) >= 11 is 0. The van der Waals surface area contributed by atoms with E-state index in [-0.39, 0.29) is 0 Å². The van der Waals surface area contributed by atoms with Gasteiger partial charge in [0.25, 0.3) is 0 Å². The lowest BCUT2D eigenvalue weighted by Gasteiger charge is -2.32. The highest BCUT2D eigenvalue weighted by Crippen LogP contribution is 2.33. The predicted octanol–water partition coefficient (Wildman–Crippen LogP) is 1.55. The van der Waals surface area contributed by atoms with E-state index >= 15 is 0 Å². The first-order valence-electron chi connectivity index (χ1n) is 4.52. The van der Waals surface area contributed by atoms with Gasteiger partial charge in [-0.05, 0) is 33.0 Å². The van der Waals surface area contributed by atoms with Crippen LogP contribution in [0.1, 0.15) is 19.8 Å². The Morgan fingerprint density at radius 1 is 1.38 bits per heavy atom. The van der Waals surface area contributed by atoms with Crippen molar-refractivity contribution in [3.05, 3.63) is 0 Å². The number of rotatable bonds is 2. The van der Waals surface area contributed by atoms with Gasteiger partial charge in [0.2, 0.25) is 0 Å². The average molecular weight is 191 g/mol. The minimum Gasteiger partial charge on any atom is -0.306 e. The Bertz CT molecular complexity index is 198. The van der Waals surface area contributed by atoms with E-state index < -0.39 is 17.6 Å². The van der Waals surface area contributed by atoms with Gasteiger partial charge in [0.15, 0.2) is 5.78 Å². The van der Waals surface area contributed by atoms with Crippen LogP contribution in [-0.4, -0.2) is 36.7 Å². The predicted molar refractivity (Wildman–Crippen MR) is 45.8 cm³/mol. The maximum absolute atomic E-state index is 13.2. The maximum Gasteiger partial charge on any atom is 0.307 e. The fourth-order valence-electron chi connectivity index (χ4n) is 1.66. The standard InChI is InChI=1S/C9H15F2NO/c1-7(13)9(10,11)8-3-5-12(2)6-4-8/h8H,3-6H2,1-2H3. The largest absolute Gasteiger partial charge is 0.307 e. The van der Waals surface area contributed by atoms with Crippen molar-refractivity contribution in [2.75, 3.05) is 20.1 Å². The lowest BCUT2D eigenvalue weighted by Crippen LogP contribution is -2.42. The molecule has 0 spiro atoms. The summed E-state index contributed by atoms with van der Waals surface area (Å²) in [4.78, 5) is 12.7. The van der Waals surface area contributed by atoms with Crippen LogP contribution in [0.5, 0.6) is 0 Å². The smallest absolute Gasteiger partial charge is 0.306 e. The van der Waals surface area contributed by atoms with Crippen molar-refractivity contribution < 1.29 is 13.6 Å². The number of alkyl halides is 2. The average Bonchev–Trinajstić information content (AvgIpc) is 2.04. The molecule has 0 aromatic rings. The normalized spacial score (nSPS) is 21.8. The van der Waals surface area contributed by atoms with Gasteiger partial charge in [-0.3, -0.25) is 4.79 Å². The Kier molecular flexibility index (Phi) is 3.01. The number of hydrogen-bond donors (Lipinski definition) is 0. The molecule has 13 heavy (non-hydrogen) atoms. The van der Waals surface area contributed by atoms with Crippen LogP contribution in [0, 0.1) is 5.92 Å². The van der Waals surface area contributed by atoms with E-state index in [1.165, 1.54) is 0 Å². The van der Waals surface area contributed by atoms with Crippen LogP contribution in [-0.2, 0) is 4.79 Å². The molecule has 76 valence electrons. The number of Topliss-reactive ketones (excluding diaryl/α,β-unsaturated/α-hetero) is 1. The third-order valence-corrected chi connectivity index (χ3v) is 2.70. The van der Waals surface area contributed by atoms with E-state index in [2.05, 4.69) is 0 Å². The third-order valence-electron chi connectivity index (χ3n) is 2.70. The number of carbonyl (C=O) groups excluding carboxylic acids is 1. The van der Waals surface area contributed by atoms with Crippen molar-refractivity contribution in [1.29, 1.82) is 0 Å². The van der Waals surface area contributed by atoms with E-state index in [0.717, 1.165) is 6.92 Å². The Morgan fingerprint density at radius 2 is 1.85 bits per heavy atom. The highest BCUT2D eigenvalue weighted by Gasteiger charge is 2.44. The lowest BCUT2D eigenvalue weighted by molar-refractivity contribution is -0.151. The molecule has 1 aliphatic heterocycles. The fraction of sp³-hybridized carbons (Fsp3) is 0.889. The molecule has 0 saturated carbocycles. The van der Waals surface area contributed by atoms with E-state index in [0.29, 0.717) is 25.9 Å². The Labute approximate surface area is 76.9 Å². The summed E-state index contributed by atoms with van der Waals surface area (Å²) in [6.45, 7) is 2.29. The second-order valence-corrected chi connectivity index (χ2v) is 3.76. The van der Waals surface area contributed by atoms with Gasteiger partial charge < -0.3 is 4.90 Å². The van der Waals surface area contributed by atoms with E-state index in [9.17, 15) is 13.6 Å². The molecule has 1 rings (SSSR count). The first-order chi connectivity index (χ1) is 5.94. The molecule has 1 fully saturated rings. The minimum atomic E-state index is -3.11. The molecule has 0 aliphatic carbocycles. The summed E-state index contributed by atoms with van der Waals surface area (Å²) in [6, 6.07) is 0. The molecule has 1 aliphatic rings. The van der Waals surface area contributed by atoms with Crippen LogP contribution in [0.25, 0.3) is 0 Å². The molecule has 0 aromatic heterocycles. The highest BCUT2D eigenvalue weighted by molar-refractivity contribution is 5.83. The fourth-order valence-corrected chi connectivity index (χ4v) is 1.66. The molecule has 0 N–H and O–H groups in total. The molecule has 0 radical (unpaired) electrons. The number of likely N-dealkylation sites (tertiary alicyclic amines) is 1. The third kappa shape index (κ3) is 2.24. The summed E-state index contributed by atoms with van der Waals surface area (Å²) in [5.74, 6) is -4.86. The van der Waals surface area contributed by atoms with Gasteiger partial charge in [0, 0.05) is 12.8 Å². The number of piperidine rings is 1. The number of nitrogens with zero attached hydrogens (tertiary/aromatic N) is 1. The number of halogens is 2. The highest BCUT2D eigenvalue weighted by atomic mass is 19.3. The molecule has 0 aromatic carbocycles. The van der Waals surface area contributed by atoms with Crippen molar-refractivity contribution in [3.63, 3.8) is 0 Å². The number of hydrogen-bond acceptors (Lipinski definition) is 2. The Balaban J connectivity index is 2.58. The van der Waals surface area contributed by atoms with Crippen LogP contribution in [0.15, 0.2) is 0 Å². The molecule has 0 unspecified atom stereocenters. The van der Waals surface area contributed by atoms with Gasteiger partial charge in [-0.2, -0.15) is 8.78 Å². The molecule has 0 amide bonds. The molecular formula is C9H15F2NO. The monoisotopic (exact) mass is 191 g/mol. The second-order valence-electron chi connectivity index (χ2n) is 3.76.